The molecule has 0 aliphatic carbocycles. The predicted octanol–water partition coefficient (Wildman–Crippen LogP) is 2.44. The summed E-state index contributed by atoms with van der Waals surface area (Å²) < 4.78 is 0. The van der Waals surface area contributed by atoms with Crippen LogP contribution in [0.3, 0.4) is 0 Å². The molecular formula is C11H12ClN5S. The highest BCUT2D eigenvalue weighted by Gasteiger charge is 2.18. The topological polar surface area (TPSA) is 67.9 Å². The summed E-state index contributed by atoms with van der Waals surface area (Å²) in [5, 5.41) is 2.56. The van der Waals surface area contributed by atoms with Gasteiger partial charge in [-0.1, -0.05) is 11.6 Å². The van der Waals surface area contributed by atoms with E-state index in [4.69, 9.17) is 17.3 Å². The molecule has 18 heavy (non-hydrogen) atoms. The van der Waals surface area contributed by atoms with Gasteiger partial charge in [0.1, 0.15) is 0 Å². The molecule has 3 rings (SSSR count). The Morgan fingerprint density at radius 1 is 1.22 bits per heavy atom. The number of nitrogens with two attached hydrogens (primary N) is 1. The number of aromatic nitrogens is 3. The minimum Gasteiger partial charge on any atom is -0.368 e. The summed E-state index contributed by atoms with van der Waals surface area (Å²) in [5.74, 6) is 1.45. The maximum Gasteiger partial charge on any atom is 0.230 e. The fourth-order valence-electron chi connectivity index (χ4n) is 1.99. The van der Waals surface area contributed by atoms with Crippen LogP contribution in [0.15, 0.2) is 11.4 Å². The molecule has 1 aliphatic rings. The molecule has 94 valence electrons. The summed E-state index contributed by atoms with van der Waals surface area (Å²) >= 11 is 7.60. The highest BCUT2D eigenvalue weighted by molar-refractivity contribution is 7.14. The lowest BCUT2D eigenvalue weighted by Gasteiger charge is -2.15. The van der Waals surface area contributed by atoms with E-state index in [1.807, 2.05) is 11.4 Å². The summed E-state index contributed by atoms with van der Waals surface area (Å²) in [7, 11) is 0. The molecule has 0 aromatic carbocycles. The third-order valence-corrected chi connectivity index (χ3v) is 4.19. The SMILES string of the molecule is Nc1nc(-c2sccc2Cl)nc(N2CCCC2)n1. The molecule has 1 fully saturated rings. The average molecular weight is 282 g/mol. The molecule has 1 saturated heterocycles. The molecule has 0 radical (unpaired) electrons. The summed E-state index contributed by atoms with van der Waals surface area (Å²) in [5.41, 5.74) is 5.76. The maximum absolute atomic E-state index is 6.09. The van der Waals surface area contributed by atoms with E-state index in [-0.39, 0.29) is 5.95 Å². The number of nitrogen functional groups attached to an aromatic ring is 1. The van der Waals surface area contributed by atoms with Gasteiger partial charge in [0.15, 0.2) is 5.82 Å². The molecule has 0 unspecified atom stereocenters. The minimum atomic E-state index is 0.242. The molecule has 2 N–H and O–H groups in total. The van der Waals surface area contributed by atoms with Gasteiger partial charge in [0.25, 0.3) is 0 Å². The van der Waals surface area contributed by atoms with E-state index < -0.39 is 0 Å². The lowest BCUT2D eigenvalue weighted by atomic mass is 10.4. The Balaban J connectivity index is 2.03. The number of rotatable bonds is 2. The lowest BCUT2D eigenvalue weighted by molar-refractivity contribution is 0.888. The number of halogens is 1. The van der Waals surface area contributed by atoms with E-state index in [2.05, 4.69) is 19.9 Å². The molecular weight excluding hydrogens is 270 g/mol. The Kier molecular flexibility index (Phi) is 3.05. The molecule has 0 spiro atoms. The molecule has 0 atom stereocenters. The van der Waals surface area contributed by atoms with Crippen LogP contribution >= 0.6 is 22.9 Å². The second-order valence-electron chi connectivity index (χ2n) is 4.11. The Hall–Kier alpha value is -1.40. The first-order valence-electron chi connectivity index (χ1n) is 5.74. The van der Waals surface area contributed by atoms with Crippen LogP contribution in [0.4, 0.5) is 11.9 Å². The van der Waals surface area contributed by atoms with Crippen LogP contribution in [0.1, 0.15) is 12.8 Å². The monoisotopic (exact) mass is 281 g/mol. The van der Waals surface area contributed by atoms with Gasteiger partial charge in [0, 0.05) is 13.1 Å². The van der Waals surface area contributed by atoms with E-state index in [9.17, 15) is 0 Å². The minimum absolute atomic E-state index is 0.242. The van der Waals surface area contributed by atoms with Gasteiger partial charge in [-0.05, 0) is 24.3 Å². The second-order valence-corrected chi connectivity index (χ2v) is 5.43. The van der Waals surface area contributed by atoms with Gasteiger partial charge in [0.2, 0.25) is 11.9 Å². The van der Waals surface area contributed by atoms with E-state index in [1.165, 1.54) is 24.2 Å². The van der Waals surface area contributed by atoms with Crippen LogP contribution in [0.5, 0.6) is 0 Å². The molecule has 2 aromatic rings. The van der Waals surface area contributed by atoms with Crippen molar-refractivity contribution in [1.29, 1.82) is 0 Å². The van der Waals surface area contributed by atoms with Crippen molar-refractivity contribution in [2.24, 2.45) is 0 Å². The van der Waals surface area contributed by atoms with Crippen LogP contribution < -0.4 is 10.6 Å². The summed E-state index contributed by atoms with van der Waals surface area (Å²) in [6, 6.07) is 1.83. The largest absolute Gasteiger partial charge is 0.368 e. The Morgan fingerprint density at radius 2 is 2.00 bits per heavy atom. The number of hydrogen-bond donors (Lipinski definition) is 1. The maximum atomic E-state index is 6.09. The molecule has 7 heteroatoms. The van der Waals surface area contributed by atoms with Crippen LogP contribution in [0, 0.1) is 0 Å². The number of thiophene rings is 1. The molecule has 0 saturated carbocycles. The molecule has 3 heterocycles. The van der Waals surface area contributed by atoms with E-state index >= 15 is 0 Å². The van der Waals surface area contributed by atoms with Crippen molar-refractivity contribution in [3.05, 3.63) is 16.5 Å². The lowest BCUT2D eigenvalue weighted by Crippen LogP contribution is -2.21. The fraction of sp³-hybridized carbons (Fsp3) is 0.364. The first-order chi connectivity index (χ1) is 8.74. The van der Waals surface area contributed by atoms with E-state index in [0.717, 1.165) is 18.0 Å². The molecule has 0 bridgehead atoms. The van der Waals surface area contributed by atoms with Gasteiger partial charge in [-0.2, -0.15) is 15.0 Å². The highest BCUT2D eigenvalue weighted by Crippen LogP contribution is 2.32. The van der Waals surface area contributed by atoms with Crippen molar-refractivity contribution < 1.29 is 0 Å². The van der Waals surface area contributed by atoms with Gasteiger partial charge < -0.3 is 10.6 Å². The van der Waals surface area contributed by atoms with Crippen LogP contribution in [0.2, 0.25) is 5.02 Å². The predicted molar refractivity (Wildman–Crippen MR) is 74.0 cm³/mol. The third kappa shape index (κ3) is 2.13. The zero-order valence-electron chi connectivity index (χ0n) is 9.64. The normalized spacial score (nSPS) is 15.3. The average Bonchev–Trinajstić information content (AvgIpc) is 2.98. The van der Waals surface area contributed by atoms with E-state index in [1.54, 1.807) is 0 Å². The highest BCUT2D eigenvalue weighted by atomic mass is 35.5. The molecule has 1 aliphatic heterocycles. The first kappa shape index (κ1) is 11.7. The zero-order valence-corrected chi connectivity index (χ0v) is 11.2. The standard InChI is InChI=1S/C11H12ClN5S/c12-7-3-6-18-8(7)9-14-10(13)16-11(15-9)17-4-1-2-5-17/h3,6H,1-2,4-5H2,(H2,13,14,15,16). The quantitative estimate of drug-likeness (QED) is 0.916. The van der Waals surface area contributed by atoms with Gasteiger partial charge in [-0.25, -0.2) is 0 Å². The molecule has 0 amide bonds. The van der Waals surface area contributed by atoms with Crippen molar-refractivity contribution in [3.8, 4) is 10.7 Å². The number of nitrogens with zero attached hydrogens (tertiary/aromatic N) is 4. The van der Waals surface area contributed by atoms with Gasteiger partial charge in [-0.3, -0.25) is 0 Å². The molecule has 2 aromatic heterocycles. The Bertz CT molecular complexity index is 564. The van der Waals surface area contributed by atoms with Crippen LogP contribution in [0.25, 0.3) is 10.7 Å². The summed E-state index contributed by atoms with van der Waals surface area (Å²) in [6.07, 6.45) is 2.33. The van der Waals surface area contributed by atoms with Crippen molar-refractivity contribution >= 4 is 34.8 Å². The van der Waals surface area contributed by atoms with E-state index in [0.29, 0.717) is 16.8 Å². The zero-order chi connectivity index (χ0) is 12.5. The van der Waals surface area contributed by atoms with Crippen LogP contribution in [-0.2, 0) is 0 Å². The fourth-order valence-corrected chi connectivity index (χ4v) is 3.07. The first-order valence-corrected chi connectivity index (χ1v) is 6.99. The summed E-state index contributed by atoms with van der Waals surface area (Å²) in [6.45, 7) is 1.95. The van der Waals surface area contributed by atoms with Crippen molar-refractivity contribution in [1.82, 2.24) is 15.0 Å². The van der Waals surface area contributed by atoms with Crippen molar-refractivity contribution in [2.75, 3.05) is 23.7 Å². The smallest absolute Gasteiger partial charge is 0.230 e. The van der Waals surface area contributed by atoms with Crippen molar-refractivity contribution in [3.63, 3.8) is 0 Å². The Labute approximate surface area is 114 Å². The third-order valence-electron chi connectivity index (χ3n) is 2.85. The Morgan fingerprint density at radius 3 is 2.67 bits per heavy atom. The van der Waals surface area contributed by atoms with Crippen molar-refractivity contribution in [2.45, 2.75) is 12.8 Å². The number of anilines is 2. The molecule has 5 nitrogen and oxygen atoms in total. The summed E-state index contributed by atoms with van der Waals surface area (Å²) in [4.78, 5) is 15.8. The second kappa shape index (κ2) is 4.70. The van der Waals surface area contributed by atoms with Crippen LogP contribution in [-0.4, -0.2) is 28.0 Å². The van der Waals surface area contributed by atoms with Gasteiger partial charge in [-0.15, -0.1) is 11.3 Å². The van der Waals surface area contributed by atoms with Gasteiger partial charge in [0.05, 0.1) is 9.90 Å². The van der Waals surface area contributed by atoms with Gasteiger partial charge >= 0.3 is 0 Å². The number of hydrogen-bond acceptors (Lipinski definition) is 6.